The molecule has 9 atom stereocenters. The number of piperidine rings is 1. The van der Waals surface area contributed by atoms with Crippen LogP contribution < -0.4 is 5.32 Å². The summed E-state index contributed by atoms with van der Waals surface area (Å²) < 4.78 is 6.56. The van der Waals surface area contributed by atoms with Crippen molar-refractivity contribution in [3.8, 4) is 0 Å². The number of hydrogen-bond donors (Lipinski definition) is 2. The van der Waals surface area contributed by atoms with E-state index in [-0.39, 0.29) is 6.10 Å². The summed E-state index contributed by atoms with van der Waals surface area (Å²) in [7, 11) is 0. The van der Waals surface area contributed by atoms with Crippen molar-refractivity contribution in [3.05, 3.63) is 11.1 Å². The summed E-state index contributed by atoms with van der Waals surface area (Å²) >= 11 is 0. The van der Waals surface area contributed by atoms with Crippen molar-refractivity contribution in [1.82, 2.24) is 5.32 Å². The van der Waals surface area contributed by atoms with Gasteiger partial charge in [-0.15, -0.1) is 0 Å². The molecule has 164 valence electrons. The van der Waals surface area contributed by atoms with Crippen LogP contribution in [-0.2, 0) is 4.74 Å². The van der Waals surface area contributed by atoms with Gasteiger partial charge in [0.2, 0.25) is 0 Å². The first kappa shape index (κ1) is 20.5. The van der Waals surface area contributed by atoms with Crippen LogP contribution in [0.3, 0.4) is 0 Å². The van der Waals surface area contributed by atoms with Gasteiger partial charge in [0.25, 0.3) is 0 Å². The highest BCUT2D eigenvalue weighted by atomic mass is 16.5. The van der Waals surface area contributed by atoms with Crippen LogP contribution in [-0.4, -0.2) is 36.5 Å². The summed E-state index contributed by atoms with van der Waals surface area (Å²) in [4.78, 5) is 0. The van der Waals surface area contributed by atoms with Crippen molar-refractivity contribution in [3.63, 3.8) is 0 Å². The van der Waals surface area contributed by atoms with Crippen molar-refractivity contribution in [2.75, 3.05) is 13.2 Å². The third-order valence-electron chi connectivity index (χ3n) is 10.0. The van der Waals surface area contributed by atoms with Crippen molar-refractivity contribution in [1.29, 1.82) is 0 Å². The number of nitrogens with one attached hydrogen (secondary N) is 1. The number of aliphatic hydroxyl groups is 1. The van der Waals surface area contributed by atoms with Gasteiger partial charge in [0.15, 0.2) is 0 Å². The maximum Gasteiger partial charge on any atom is 0.0735 e. The molecule has 0 amide bonds. The van der Waals surface area contributed by atoms with Crippen molar-refractivity contribution in [2.45, 2.75) is 103 Å². The molecule has 4 fully saturated rings. The van der Waals surface area contributed by atoms with Gasteiger partial charge >= 0.3 is 0 Å². The highest BCUT2D eigenvalue weighted by molar-refractivity contribution is 5.25. The van der Waals surface area contributed by atoms with Crippen LogP contribution in [0, 0.1) is 35.0 Å². The Labute approximate surface area is 178 Å². The van der Waals surface area contributed by atoms with Gasteiger partial charge in [-0.1, -0.05) is 25.8 Å². The second kappa shape index (κ2) is 7.95. The topological polar surface area (TPSA) is 41.5 Å². The molecule has 5 aliphatic rings. The minimum absolute atomic E-state index is 0.0423. The van der Waals surface area contributed by atoms with E-state index in [1.165, 1.54) is 51.4 Å². The van der Waals surface area contributed by atoms with Crippen LogP contribution in [0.1, 0.15) is 85.0 Å². The Morgan fingerprint density at radius 2 is 1.97 bits per heavy atom. The predicted octanol–water partition coefficient (Wildman–Crippen LogP) is 5.08. The van der Waals surface area contributed by atoms with E-state index < -0.39 is 0 Å². The van der Waals surface area contributed by atoms with E-state index in [0.29, 0.717) is 17.6 Å². The molecule has 3 heteroatoms. The first-order valence-corrected chi connectivity index (χ1v) is 12.7. The molecule has 5 rings (SSSR count). The maximum atomic E-state index is 10.3. The fraction of sp³-hybridized carbons (Fsp3) is 0.923. The van der Waals surface area contributed by atoms with Crippen LogP contribution in [0.2, 0.25) is 0 Å². The van der Waals surface area contributed by atoms with Gasteiger partial charge in [0.1, 0.15) is 0 Å². The number of rotatable bonds is 0. The summed E-state index contributed by atoms with van der Waals surface area (Å²) in [5, 5.41) is 14.1. The van der Waals surface area contributed by atoms with E-state index >= 15 is 0 Å². The molecule has 3 saturated carbocycles. The van der Waals surface area contributed by atoms with Gasteiger partial charge in [-0.25, -0.2) is 0 Å². The lowest BCUT2D eigenvalue weighted by Gasteiger charge is -2.53. The fourth-order valence-electron chi connectivity index (χ4n) is 8.29. The first-order valence-electron chi connectivity index (χ1n) is 12.7. The average molecular weight is 402 g/mol. The molecule has 2 heterocycles. The fourth-order valence-corrected chi connectivity index (χ4v) is 8.29. The van der Waals surface area contributed by atoms with Gasteiger partial charge in [-0.3, -0.25) is 0 Å². The Morgan fingerprint density at radius 3 is 2.83 bits per heavy atom. The molecule has 0 spiro atoms. The van der Waals surface area contributed by atoms with E-state index in [2.05, 4.69) is 26.1 Å². The van der Waals surface area contributed by atoms with Gasteiger partial charge in [0.05, 0.1) is 18.8 Å². The Morgan fingerprint density at radius 1 is 1.10 bits per heavy atom. The highest BCUT2D eigenvalue weighted by Crippen LogP contribution is 2.63. The van der Waals surface area contributed by atoms with Gasteiger partial charge in [-0.2, -0.15) is 0 Å². The average Bonchev–Trinajstić information content (AvgIpc) is 3.08. The number of hydrogen-bond acceptors (Lipinski definition) is 3. The van der Waals surface area contributed by atoms with Crippen LogP contribution in [0.25, 0.3) is 0 Å². The standard InChI is InChI=1S/C26H43NO2/c1-16-11-25-24(27-14-16)6-4-5-20-21-8-7-18-12-19(28)9-10-26(18,3)23(21)13-22(20)17(2)15-29-25/h16,18-21,23-25,27-28H,4-15H2,1-3H3/b22-17-/t16-,18+,19?,20-,21-,23-,24-,25+,26-/m0/s1. The molecule has 2 N–H and O–H groups in total. The summed E-state index contributed by atoms with van der Waals surface area (Å²) in [6.07, 6.45) is 13.0. The van der Waals surface area contributed by atoms with E-state index in [4.69, 9.17) is 4.74 Å². The third-order valence-corrected chi connectivity index (χ3v) is 10.0. The summed E-state index contributed by atoms with van der Waals surface area (Å²) in [6.45, 7) is 9.32. The Kier molecular flexibility index (Phi) is 5.62. The second-order valence-electron chi connectivity index (χ2n) is 11.7. The van der Waals surface area contributed by atoms with Gasteiger partial charge < -0.3 is 15.2 Å². The SMILES string of the molecule is C/C1=C2\C[C@H]3[C@@H](CC[C@@H]4CC(O)CC[C@@]43C)[C@@H]2CCC[C@@H]2NC[C@@H](C)C[C@H]2OC1. The molecule has 1 saturated heterocycles. The van der Waals surface area contributed by atoms with Crippen LogP contribution in [0.15, 0.2) is 11.1 Å². The van der Waals surface area contributed by atoms with Crippen molar-refractivity contribution >= 4 is 0 Å². The van der Waals surface area contributed by atoms with E-state index in [1.807, 2.05) is 0 Å². The zero-order valence-corrected chi connectivity index (χ0v) is 19.0. The molecule has 0 aromatic carbocycles. The number of allylic oxidation sites excluding steroid dienone is 1. The molecule has 0 bridgehead atoms. The number of fused-ring (bicyclic) bond motifs is 6. The van der Waals surface area contributed by atoms with Crippen LogP contribution >= 0.6 is 0 Å². The minimum atomic E-state index is -0.0423. The lowest BCUT2D eigenvalue weighted by molar-refractivity contribution is -0.0673. The Balaban J connectivity index is 1.39. The molecule has 3 aliphatic carbocycles. The summed E-state index contributed by atoms with van der Waals surface area (Å²) in [5.41, 5.74) is 3.79. The largest absolute Gasteiger partial charge is 0.393 e. The molecular weight excluding hydrogens is 358 g/mol. The van der Waals surface area contributed by atoms with Crippen LogP contribution in [0.4, 0.5) is 0 Å². The van der Waals surface area contributed by atoms with Gasteiger partial charge in [-0.05, 0) is 112 Å². The highest BCUT2D eigenvalue weighted by Gasteiger charge is 2.55. The molecule has 1 unspecified atom stereocenters. The predicted molar refractivity (Wildman–Crippen MR) is 118 cm³/mol. The monoisotopic (exact) mass is 401 g/mol. The third kappa shape index (κ3) is 3.64. The molecule has 3 nitrogen and oxygen atoms in total. The summed E-state index contributed by atoms with van der Waals surface area (Å²) in [5.74, 6) is 3.99. The molecule has 0 radical (unpaired) electrons. The Hall–Kier alpha value is -0.380. The zero-order chi connectivity index (χ0) is 20.2. The van der Waals surface area contributed by atoms with Crippen LogP contribution in [0.5, 0.6) is 0 Å². The molecule has 29 heavy (non-hydrogen) atoms. The van der Waals surface area contributed by atoms with E-state index in [9.17, 15) is 5.11 Å². The molecule has 0 aromatic rings. The van der Waals surface area contributed by atoms with Crippen molar-refractivity contribution < 1.29 is 9.84 Å². The van der Waals surface area contributed by atoms with Crippen molar-refractivity contribution in [2.24, 2.45) is 35.0 Å². The Bertz CT molecular complexity index is 645. The smallest absolute Gasteiger partial charge is 0.0735 e. The number of ether oxygens (including phenoxy) is 1. The lowest BCUT2D eigenvalue weighted by atomic mass is 9.52. The van der Waals surface area contributed by atoms with E-state index in [0.717, 1.165) is 55.6 Å². The van der Waals surface area contributed by atoms with E-state index in [1.54, 1.807) is 11.1 Å². The second-order valence-corrected chi connectivity index (χ2v) is 11.7. The number of aliphatic hydroxyl groups excluding tert-OH is 1. The normalized spacial score (nSPS) is 53.4. The van der Waals surface area contributed by atoms with Gasteiger partial charge in [0, 0.05) is 6.04 Å². The zero-order valence-electron chi connectivity index (χ0n) is 19.0. The quantitative estimate of drug-likeness (QED) is 0.556. The maximum absolute atomic E-state index is 10.3. The summed E-state index contributed by atoms with van der Waals surface area (Å²) in [6, 6.07) is 0.561. The molecule has 0 aromatic heterocycles. The molecule has 2 aliphatic heterocycles. The minimum Gasteiger partial charge on any atom is -0.393 e. The lowest BCUT2D eigenvalue weighted by Crippen LogP contribution is -2.49. The molecular formula is C26H43NO2. The first-order chi connectivity index (χ1) is 14.0.